The molecular weight excluding hydrogens is 408 g/mol. The zero-order chi connectivity index (χ0) is 18.8. The highest BCUT2D eigenvalue weighted by Gasteiger charge is 2.23. The lowest BCUT2D eigenvalue weighted by atomic mass is 10.1. The summed E-state index contributed by atoms with van der Waals surface area (Å²) < 4.78 is 0.883. The van der Waals surface area contributed by atoms with Crippen molar-refractivity contribution in [1.82, 2.24) is 19.8 Å². The van der Waals surface area contributed by atoms with E-state index in [0.29, 0.717) is 37.3 Å². The minimum Gasteiger partial charge on any atom is -0.345 e. The minimum absolute atomic E-state index is 0.00415. The van der Waals surface area contributed by atoms with Crippen LogP contribution in [0.4, 0.5) is 0 Å². The van der Waals surface area contributed by atoms with Crippen LogP contribution in [0.15, 0.2) is 53.3 Å². The zero-order valence-electron chi connectivity index (χ0n) is 14.7. The predicted octanol–water partition coefficient (Wildman–Crippen LogP) is 3.31. The molecule has 3 aromatic rings. The monoisotopic (exact) mass is 426 g/mol. The van der Waals surface area contributed by atoms with Gasteiger partial charge >= 0.3 is 0 Å². The molecule has 0 unspecified atom stereocenters. The number of nitrogens with zero attached hydrogens (tertiary/aromatic N) is 3. The Labute approximate surface area is 165 Å². The molecule has 0 spiro atoms. The normalized spacial score (nSPS) is 15.0. The van der Waals surface area contributed by atoms with Gasteiger partial charge in [-0.15, -0.1) is 0 Å². The summed E-state index contributed by atoms with van der Waals surface area (Å²) in [5.74, 6) is -0.00673. The third-order valence-corrected chi connectivity index (χ3v) is 5.30. The Bertz CT molecular complexity index is 1000. The molecule has 4 rings (SSSR count). The molecule has 0 atom stereocenters. The molecule has 1 N–H and O–H groups in total. The lowest BCUT2D eigenvalue weighted by Gasteiger charge is -2.22. The Morgan fingerprint density at radius 3 is 2.33 bits per heavy atom. The standard InChI is InChI=1S/C20H19BrN4O2/c21-16-4-1-3-14(11-16)19(26)24-7-2-8-25(10-9-24)20(27)15-5-6-17-18(12-15)23-13-22-17/h1,3-6,11-13H,2,7-10H2,(H,22,23). The number of aromatic nitrogens is 2. The number of imidazole rings is 1. The van der Waals surface area contributed by atoms with Crippen LogP contribution in [0.2, 0.25) is 0 Å². The first-order valence-corrected chi connectivity index (χ1v) is 9.68. The number of amides is 2. The Morgan fingerprint density at radius 2 is 1.63 bits per heavy atom. The molecule has 0 aliphatic carbocycles. The minimum atomic E-state index is -0.0109. The lowest BCUT2D eigenvalue weighted by molar-refractivity contribution is 0.0719. The number of rotatable bonds is 2. The third-order valence-electron chi connectivity index (χ3n) is 4.81. The number of benzene rings is 2. The summed E-state index contributed by atoms with van der Waals surface area (Å²) in [6.45, 7) is 2.35. The van der Waals surface area contributed by atoms with E-state index >= 15 is 0 Å². The number of hydrogen-bond donors (Lipinski definition) is 1. The average molecular weight is 427 g/mol. The van der Waals surface area contributed by atoms with E-state index in [0.717, 1.165) is 21.9 Å². The van der Waals surface area contributed by atoms with E-state index in [-0.39, 0.29) is 11.8 Å². The fraction of sp³-hybridized carbons (Fsp3) is 0.250. The van der Waals surface area contributed by atoms with Gasteiger partial charge in [-0.1, -0.05) is 22.0 Å². The van der Waals surface area contributed by atoms with Gasteiger partial charge in [-0.25, -0.2) is 4.98 Å². The Balaban J connectivity index is 1.46. The van der Waals surface area contributed by atoms with Gasteiger partial charge in [-0.3, -0.25) is 9.59 Å². The van der Waals surface area contributed by atoms with Crippen molar-refractivity contribution in [2.75, 3.05) is 26.2 Å². The summed E-state index contributed by atoms with van der Waals surface area (Å²) in [5.41, 5.74) is 2.99. The first kappa shape index (κ1) is 17.7. The topological polar surface area (TPSA) is 69.3 Å². The molecule has 1 saturated heterocycles. The Morgan fingerprint density at radius 1 is 0.926 bits per heavy atom. The fourth-order valence-corrected chi connectivity index (χ4v) is 3.78. The van der Waals surface area contributed by atoms with Crippen molar-refractivity contribution in [1.29, 1.82) is 0 Å². The van der Waals surface area contributed by atoms with E-state index in [1.807, 2.05) is 46.2 Å². The molecular formula is C20H19BrN4O2. The van der Waals surface area contributed by atoms with E-state index < -0.39 is 0 Å². The summed E-state index contributed by atoms with van der Waals surface area (Å²) in [7, 11) is 0. The van der Waals surface area contributed by atoms with Gasteiger partial charge in [0.15, 0.2) is 0 Å². The maximum Gasteiger partial charge on any atom is 0.253 e. The summed E-state index contributed by atoms with van der Waals surface area (Å²) in [4.78, 5) is 36.5. The molecule has 6 nitrogen and oxygen atoms in total. The number of carbonyl (C=O) groups is 2. The van der Waals surface area contributed by atoms with Gasteiger partial charge in [-0.2, -0.15) is 0 Å². The maximum absolute atomic E-state index is 12.9. The molecule has 2 heterocycles. The smallest absolute Gasteiger partial charge is 0.253 e. The molecule has 2 aromatic carbocycles. The molecule has 1 fully saturated rings. The maximum atomic E-state index is 12.9. The third kappa shape index (κ3) is 3.73. The molecule has 2 amide bonds. The summed E-state index contributed by atoms with van der Waals surface area (Å²) in [5, 5.41) is 0. The second-order valence-electron chi connectivity index (χ2n) is 6.58. The number of nitrogens with one attached hydrogen (secondary N) is 1. The number of halogens is 1. The van der Waals surface area contributed by atoms with Crippen LogP contribution in [-0.2, 0) is 0 Å². The molecule has 0 saturated carbocycles. The quantitative estimate of drug-likeness (QED) is 0.683. The number of carbonyl (C=O) groups excluding carboxylic acids is 2. The van der Waals surface area contributed by atoms with Crippen molar-refractivity contribution in [3.63, 3.8) is 0 Å². The molecule has 0 bridgehead atoms. The van der Waals surface area contributed by atoms with Crippen molar-refractivity contribution in [3.8, 4) is 0 Å². The highest BCUT2D eigenvalue weighted by molar-refractivity contribution is 9.10. The van der Waals surface area contributed by atoms with Gasteiger partial charge in [0.1, 0.15) is 0 Å². The highest BCUT2D eigenvalue weighted by atomic mass is 79.9. The SMILES string of the molecule is O=C(c1cccc(Br)c1)N1CCCN(C(=O)c2ccc3nc[nH]c3c2)CC1. The van der Waals surface area contributed by atoms with Crippen LogP contribution in [0, 0.1) is 0 Å². The second-order valence-corrected chi connectivity index (χ2v) is 7.50. The Kier molecular flexibility index (Phi) is 4.94. The Hall–Kier alpha value is -2.67. The van der Waals surface area contributed by atoms with Crippen LogP contribution in [-0.4, -0.2) is 57.8 Å². The number of fused-ring (bicyclic) bond motifs is 1. The summed E-state index contributed by atoms with van der Waals surface area (Å²) in [6.07, 6.45) is 2.38. The van der Waals surface area contributed by atoms with Crippen LogP contribution in [0.5, 0.6) is 0 Å². The molecule has 1 aromatic heterocycles. The van der Waals surface area contributed by atoms with E-state index in [2.05, 4.69) is 25.9 Å². The zero-order valence-corrected chi connectivity index (χ0v) is 16.3. The lowest BCUT2D eigenvalue weighted by Crippen LogP contribution is -2.37. The van der Waals surface area contributed by atoms with Crippen LogP contribution < -0.4 is 0 Å². The number of aromatic amines is 1. The second kappa shape index (κ2) is 7.52. The van der Waals surface area contributed by atoms with Crippen LogP contribution >= 0.6 is 15.9 Å². The van der Waals surface area contributed by atoms with Crippen molar-refractivity contribution >= 4 is 38.8 Å². The van der Waals surface area contributed by atoms with Gasteiger partial charge in [0.25, 0.3) is 11.8 Å². The van der Waals surface area contributed by atoms with Crippen molar-refractivity contribution in [2.24, 2.45) is 0 Å². The van der Waals surface area contributed by atoms with Gasteiger partial charge in [0, 0.05) is 41.8 Å². The summed E-state index contributed by atoms with van der Waals surface area (Å²) in [6, 6.07) is 12.9. The van der Waals surface area contributed by atoms with Crippen LogP contribution in [0.25, 0.3) is 11.0 Å². The molecule has 0 radical (unpaired) electrons. The summed E-state index contributed by atoms with van der Waals surface area (Å²) >= 11 is 3.41. The predicted molar refractivity (Wildman–Crippen MR) is 107 cm³/mol. The van der Waals surface area contributed by atoms with Crippen molar-refractivity contribution in [3.05, 3.63) is 64.4 Å². The molecule has 27 heavy (non-hydrogen) atoms. The largest absolute Gasteiger partial charge is 0.345 e. The van der Waals surface area contributed by atoms with E-state index in [1.54, 1.807) is 12.4 Å². The van der Waals surface area contributed by atoms with E-state index in [4.69, 9.17) is 0 Å². The van der Waals surface area contributed by atoms with Gasteiger partial charge < -0.3 is 14.8 Å². The molecule has 1 aliphatic heterocycles. The van der Waals surface area contributed by atoms with Crippen LogP contribution in [0.3, 0.4) is 0 Å². The van der Waals surface area contributed by atoms with Gasteiger partial charge in [0.05, 0.1) is 17.4 Å². The average Bonchev–Trinajstić information content (AvgIpc) is 3.01. The van der Waals surface area contributed by atoms with E-state index in [1.165, 1.54) is 0 Å². The van der Waals surface area contributed by atoms with Gasteiger partial charge in [0.2, 0.25) is 0 Å². The molecule has 7 heteroatoms. The molecule has 1 aliphatic rings. The van der Waals surface area contributed by atoms with Gasteiger partial charge in [-0.05, 0) is 42.8 Å². The first-order chi connectivity index (χ1) is 13.1. The van der Waals surface area contributed by atoms with Crippen molar-refractivity contribution < 1.29 is 9.59 Å². The fourth-order valence-electron chi connectivity index (χ4n) is 3.38. The highest BCUT2D eigenvalue weighted by Crippen LogP contribution is 2.17. The van der Waals surface area contributed by atoms with E-state index in [9.17, 15) is 9.59 Å². The first-order valence-electron chi connectivity index (χ1n) is 8.89. The van der Waals surface area contributed by atoms with Crippen molar-refractivity contribution in [2.45, 2.75) is 6.42 Å². The molecule has 138 valence electrons. The number of H-pyrrole nitrogens is 1. The van der Waals surface area contributed by atoms with Crippen LogP contribution in [0.1, 0.15) is 27.1 Å². The number of hydrogen-bond acceptors (Lipinski definition) is 3.